The summed E-state index contributed by atoms with van der Waals surface area (Å²) < 4.78 is 5.43. The van der Waals surface area contributed by atoms with Gasteiger partial charge in [0.15, 0.2) is 22.8 Å². The molecule has 149 heavy (non-hydrogen) atoms. The first kappa shape index (κ1) is 101. The molecule has 30 heteroatoms. The molecular formula is C119H135N25O5. The molecule has 8 aliphatic heterocycles. The fourth-order valence-electron chi connectivity index (χ4n) is 21.8. The molecule has 0 aliphatic carbocycles. The van der Waals surface area contributed by atoms with Gasteiger partial charge in [0.25, 0.3) is 23.6 Å². The SMILES string of the molecule is CN1CCN(Cc2ccc(NC(=O)c3n[nH]c4ccc(-c5cncc(CN6CCCC6)c5)cc34)cc2)CC1.O=C(Nc1ccc(CN2CCCCC2)cc1)c1n[nH]c2ccc(-c3cncc(CN4CCCC4)c3)cc12.O=C(Nc1ccc(CN2CCOCC2)cc1)c1n[nH]c2ccc(-c3cncc(CN4CCCC4)c3)cc12.O=C(Nc1cccc(CN2CCCC2)c1)c1n[nH]c2ccc(-c3cncc(CN4CCCCC4)c3)cc12. The van der Waals surface area contributed by atoms with Crippen molar-refractivity contribution in [2.45, 2.75) is 142 Å². The quantitative estimate of drug-likeness (QED) is 0.0226. The van der Waals surface area contributed by atoms with Crippen LogP contribution in [0.1, 0.15) is 176 Å². The number of aromatic nitrogens is 12. The number of nitrogens with zero attached hydrogens (tertiary/aromatic N) is 17. The van der Waals surface area contributed by atoms with Crippen molar-refractivity contribution in [3.05, 3.63) is 311 Å². The lowest BCUT2D eigenvalue weighted by Gasteiger charge is -2.32. The average molecular weight is 2000 g/mol. The molecule has 8 fully saturated rings. The van der Waals surface area contributed by atoms with Crippen LogP contribution < -0.4 is 21.3 Å². The number of ether oxygens (including phenoxy) is 1. The number of piperidine rings is 2. The number of anilines is 4. The van der Waals surface area contributed by atoms with Gasteiger partial charge in [-0.05, 0) is 351 Å². The Morgan fingerprint density at radius 3 is 0.792 bits per heavy atom. The monoisotopic (exact) mass is 1990 g/mol. The molecule has 0 bridgehead atoms. The molecule has 0 spiro atoms. The van der Waals surface area contributed by atoms with Crippen LogP contribution in [0.2, 0.25) is 0 Å². The highest BCUT2D eigenvalue weighted by molar-refractivity contribution is 6.15. The normalized spacial score (nSPS) is 17.0. The number of benzene rings is 8. The van der Waals surface area contributed by atoms with Crippen LogP contribution in [0.15, 0.2) is 244 Å². The lowest BCUT2D eigenvalue weighted by molar-refractivity contribution is 0.0342. The second kappa shape index (κ2) is 48.8. The third-order valence-corrected chi connectivity index (χ3v) is 30.1. The van der Waals surface area contributed by atoms with Gasteiger partial charge in [0.2, 0.25) is 0 Å². The summed E-state index contributed by atoms with van der Waals surface area (Å²) in [6.07, 6.45) is 33.3. The van der Waals surface area contributed by atoms with Gasteiger partial charge in [-0.15, -0.1) is 0 Å². The molecule has 8 aliphatic rings. The maximum Gasteiger partial charge on any atom is 0.276 e. The molecule has 766 valence electrons. The highest BCUT2D eigenvalue weighted by atomic mass is 16.5. The number of fused-ring (bicyclic) bond motifs is 4. The molecule has 8 N–H and O–H groups in total. The molecule has 8 aromatic heterocycles. The Bertz CT molecular complexity index is 7020. The minimum atomic E-state index is -0.231. The lowest BCUT2D eigenvalue weighted by atomic mass is 10.0. The molecule has 0 unspecified atom stereocenters. The molecule has 24 rings (SSSR count). The summed E-state index contributed by atoms with van der Waals surface area (Å²) in [5, 5.41) is 44.7. The van der Waals surface area contributed by atoms with Gasteiger partial charge in [-0.1, -0.05) is 85.6 Å². The Morgan fingerprint density at radius 2 is 0.497 bits per heavy atom. The van der Waals surface area contributed by atoms with E-state index >= 15 is 0 Å². The number of hydrogen-bond acceptors (Lipinski definition) is 22. The van der Waals surface area contributed by atoms with Crippen LogP contribution >= 0.6 is 0 Å². The van der Waals surface area contributed by atoms with E-state index in [1.54, 1.807) is 0 Å². The Hall–Kier alpha value is -14.3. The zero-order chi connectivity index (χ0) is 101. The molecule has 16 aromatic rings. The van der Waals surface area contributed by atoms with Crippen molar-refractivity contribution < 1.29 is 23.9 Å². The maximum atomic E-state index is 13.2. The fourth-order valence-corrected chi connectivity index (χ4v) is 21.8. The van der Waals surface area contributed by atoms with Crippen molar-refractivity contribution >= 4 is 90.0 Å². The second-order valence-corrected chi connectivity index (χ2v) is 41.3. The summed E-state index contributed by atoms with van der Waals surface area (Å²) in [7, 11) is 2.17. The Balaban J connectivity index is 0.000000116. The van der Waals surface area contributed by atoms with E-state index in [2.05, 4.69) is 224 Å². The number of piperazine rings is 1. The van der Waals surface area contributed by atoms with Crippen molar-refractivity contribution in [2.75, 3.05) is 159 Å². The topological polar surface area (TPSA) is 321 Å². The van der Waals surface area contributed by atoms with E-state index in [1.807, 2.05) is 153 Å². The second-order valence-electron chi connectivity index (χ2n) is 41.3. The molecule has 0 radical (unpaired) electrons. The number of morpholine rings is 1. The number of carbonyl (C=O) groups is 4. The van der Waals surface area contributed by atoms with Crippen molar-refractivity contribution in [2.24, 2.45) is 0 Å². The van der Waals surface area contributed by atoms with Gasteiger partial charge in [0.1, 0.15) is 0 Å². The standard InChI is InChI=1S/C30H35N7O.2C30H34N6O.C29H32N6O2/c1-35-12-14-37(15-13-35)20-22-4-7-26(8-5-22)32-30(38)29-27-17-24(6-9-28(27)33-34-29)25-16-23(18-31-19-25)21-36-10-2-3-11-36;37-30(32-26-9-6-22(7-10-26)20-35-12-2-1-3-13-35)29-27-17-24(8-11-28(27)33-34-29)25-16-23(18-31-19-25)21-36-14-4-5-15-36;37-30(32-26-8-6-7-22(16-26)20-35-13-4-5-14-35)29-27-17-24(9-10-28(27)33-34-29)25-15-23(18-31-19-25)21-36-11-2-1-3-12-36;36-29(31-25-6-3-21(4-7-25)19-35-11-13-37-14-12-35)28-26-16-23(5-8-27(26)32-33-28)24-15-22(17-30-18-24)20-34-9-1-2-10-34/h4-9,16-19H,2-3,10-15,20-21H2,1H3,(H,32,38)(H,33,34);6-11,16-19H,1-5,12-15,20-21H2,(H,32,37)(H,33,34);6-10,15-19H,1-5,11-14,20-21H2,(H,32,37)(H,33,34);3-8,15-18H,1-2,9-14,19-20H2,(H,31,36)(H,32,33). The van der Waals surface area contributed by atoms with Crippen LogP contribution in [0.4, 0.5) is 22.7 Å². The van der Waals surface area contributed by atoms with Gasteiger partial charge in [0, 0.05) is 208 Å². The van der Waals surface area contributed by atoms with Gasteiger partial charge in [-0.25, -0.2) is 0 Å². The van der Waals surface area contributed by atoms with E-state index in [4.69, 9.17) is 4.74 Å². The van der Waals surface area contributed by atoms with E-state index in [0.29, 0.717) is 22.8 Å². The Morgan fingerprint density at radius 1 is 0.242 bits per heavy atom. The van der Waals surface area contributed by atoms with Gasteiger partial charge in [-0.3, -0.25) is 98.7 Å². The predicted octanol–water partition coefficient (Wildman–Crippen LogP) is 19.4. The molecule has 0 saturated carbocycles. The summed E-state index contributed by atoms with van der Waals surface area (Å²) in [5.74, 6) is -0.877. The molecule has 16 heterocycles. The molecule has 0 atom stereocenters. The van der Waals surface area contributed by atoms with Crippen molar-refractivity contribution in [1.82, 2.24) is 105 Å². The fraction of sp³-hybridized carbons (Fsp3) is 0.361. The first-order chi connectivity index (χ1) is 73.2. The Kier molecular flexibility index (Phi) is 33.0. The number of rotatable bonds is 28. The minimum absolute atomic E-state index is 0.210. The molecule has 8 aromatic carbocycles. The van der Waals surface area contributed by atoms with E-state index in [9.17, 15) is 19.2 Å². The maximum absolute atomic E-state index is 13.2. The average Bonchev–Trinajstić information content (AvgIpc) is 1.67. The van der Waals surface area contributed by atoms with Gasteiger partial charge in [-0.2, -0.15) is 20.4 Å². The zero-order valence-electron chi connectivity index (χ0n) is 85.4. The summed E-state index contributed by atoms with van der Waals surface area (Å²) in [6.45, 7) is 29.2. The van der Waals surface area contributed by atoms with Gasteiger partial charge in [0.05, 0.1) is 35.3 Å². The van der Waals surface area contributed by atoms with Gasteiger partial charge >= 0.3 is 0 Å². The molecule has 30 nitrogen and oxygen atoms in total. The first-order valence-electron chi connectivity index (χ1n) is 53.6. The summed E-state index contributed by atoms with van der Waals surface area (Å²) in [4.78, 5) is 92.9. The third-order valence-electron chi connectivity index (χ3n) is 30.1. The number of H-pyrrole nitrogens is 4. The summed E-state index contributed by atoms with van der Waals surface area (Å²) in [5.41, 5.74) is 26.1. The van der Waals surface area contributed by atoms with E-state index < -0.39 is 0 Å². The highest BCUT2D eigenvalue weighted by Crippen LogP contribution is 2.35. The molecule has 8 saturated heterocycles. The van der Waals surface area contributed by atoms with E-state index in [1.165, 1.54) is 147 Å². The van der Waals surface area contributed by atoms with Crippen LogP contribution in [0.3, 0.4) is 0 Å². The largest absolute Gasteiger partial charge is 0.379 e. The smallest absolute Gasteiger partial charge is 0.276 e. The van der Waals surface area contributed by atoms with E-state index in [0.717, 1.165) is 281 Å². The number of aromatic amines is 4. The lowest BCUT2D eigenvalue weighted by Crippen LogP contribution is -2.43. The number of hydrogen-bond donors (Lipinski definition) is 8. The van der Waals surface area contributed by atoms with E-state index in [-0.39, 0.29) is 23.6 Å². The minimum Gasteiger partial charge on any atom is -0.379 e. The Labute approximate surface area is 870 Å². The number of carbonyl (C=O) groups excluding carboxylic acids is 4. The number of pyridine rings is 4. The number of likely N-dealkylation sites (N-methyl/N-ethyl adjacent to an activating group) is 1. The third kappa shape index (κ3) is 26.5. The summed E-state index contributed by atoms with van der Waals surface area (Å²) in [6, 6.07) is 65.6. The van der Waals surface area contributed by atoms with Gasteiger partial charge < -0.3 is 30.9 Å². The van der Waals surface area contributed by atoms with Crippen LogP contribution in [0, 0.1) is 0 Å². The van der Waals surface area contributed by atoms with Crippen molar-refractivity contribution in [1.29, 1.82) is 0 Å². The number of nitrogens with one attached hydrogen (secondary N) is 8. The van der Waals surface area contributed by atoms with Crippen LogP contribution in [0.25, 0.3) is 88.1 Å². The van der Waals surface area contributed by atoms with Crippen molar-refractivity contribution in [3.8, 4) is 44.5 Å². The van der Waals surface area contributed by atoms with Crippen LogP contribution in [-0.2, 0) is 57.1 Å². The van der Waals surface area contributed by atoms with Crippen LogP contribution in [-0.4, -0.2) is 267 Å². The number of amides is 4. The zero-order valence-corrected chi connectivity index (χ0v) is 85.4. The number of likely N-dealkylation sites (tertiary alicyclic amines) is 6. The summed E-state index contributed by atoms with van der Waals surface area (Å²) >= 11 is 0. The predicted molar refractivity (Wildman–Crippen MR) is 590 cm³/mol. The van der Waals surface area contributed by atoms with Crippen molar-refractivity contribution in [3.63, 3.8) is 0 Å². The molecule has 4 amide bonds. The van der Waals surface area contributed by atoms with Crippen LogP contribution in [0.5, 0.6) is 0 Å². The molecular weight excluding hydrogens is 1860 g/mol. The highest BCUT2D eigenvalue weighted by Gasteiger charge is 2.27. The first-order valence-corrected chi connectivity index (χ1v) is 53.6.